The number of hydrogen-bond donors (Lipinski definition) is 0. The predicted octanol–water partition coefficient (Wildman–Crippen LogP) is 4.28. The molecule has 8 heteroatoms. The van der Waals surface area contributed by atoms with Crippen molar-refractivity contribution < 1.29 is 14.3 Å². The van der Waals surface area contributed by atoms with Gasteiger partial charge in [-0.25, -0.2) is 9.78 Å². The van der Waals surface area contributed by atoms with E-state index < -0.39 is 0 Å². The van der Waals surface area contributed by atoms with Crippen LogP contribution in [0.3, 0.4) is 0 Å². The average Bonchev–Trinajstić information content (AvgIpc) is 3.44. The minimum absolute atomic E-state index is 0.0189. The van der Waals surface area contributed by atoms with Crippen LogP contribution in [0, 0.1) is 0 Å². The van der Waals surface area contributed by atoms with Crippen molar-refractivity contribution in [2.24, 2.45) is 0 Å². The van der Waals surface area contributed by atoms with Gasteiger partial charge in [-0.3, -0.25) is 9.20 Å². The molecular weight excluding hydrogens is 406 g/mol. The first-order valence-electron chi connectivity index (χ1n) is 9.35. The number of ether oxygens (including phenoxy) is 1. The zero-order valence-electron chi connectivity index (χ0n) is 15.8. The Labute approximate surface area is 177 Å². The molecule has 29 heavy (non-hydrogen) atoms. The molecule has 0 aliphatic carbocycles. The van der Waals surface area contributed by atoms with Crippen LogP contribution in [0.25, 0.3) is 4.83 Å². The number of benzene rings is 1. The molecule has 0 bridgehead atoms. The number of thiazole rings is 1. The molecule has 1 fully saturated rings. The van der Waals surface area contributed by atoms with Gasteiger partial charge in [-0.15, -0.1) is 11.3 Å². The molecule has 1 amide bonds. The van der Waals surface area contributed by atoms with E-state index in [-0.39, 0.29) is 29.1 Å². The van der Waals surface area contributed by atoms with E-state index in [1.165, 1.54) is 11.8 Å². The number of imidazole rings is 1. The molecule has 2 aromatic heterocycles. The first-order valence-corrected chi connectivity index (χ1v) is 11.1. The van der Waals surface area contributed by atoms with Gasteiger partial charge in [-0.1, -0.05) is 54.7 Å². The van der Waals surface area contributed by atoms with Crippen LogP contribution in [-0.4, -0.2) is 49.9 Å². The maximum absolute atomic E-state index is 12.6. The molecule has 1 aliphatic heterocycles. The smallest absolute Gasteiger partial charge is 0.410 e. The van der Waals surface area contributed by atoms with E-state index >= 15 is 0 Å². The van der Waals surface area contributed by atoms with Gasteiger partial charge in [0.25, 0.3) is 0 Å². The van der Waals surface area contributed by atoms with E-state index in [0.717, 1.165) is 16.9 Å². The largest absolute Gasteiger partial charge is 0.445 e. The molecule has 1 saturated heterocycles. The van der Waals surface area contributed by atoms with Gasteiger partial charge in [0.15, 0.2) is 0 Å². The lowest BCUT2D eigenvalue weighted by atomic mass is 10.1. The fourth-order valence-electron chi connectivity index (χ4n) is 3.53. The second-order valence-corrected chi connectivity index (χ2v) is 8.98. The Morgan fingerprint density at radius 1 is 1.34 bits per heavy atom. The Hall–Kier alpha value is -2.58. The molecule has 4 rings (SSSR count). The lowest BCUT2D eigenvalue weighted by molar-refractivity contribution is 0.107. The summed E-state index contributed by atoms with van der Waals surface area (Å²) >= 11 is 2.92. The molecule has 0 spiro atoms. The number of nitrogens with zero attached hydrogens (tertiary/aromatic N) is 3. The molecule has 0 radical (unpaired) electrons. The molecule has 0 saturated carbocycles. The highest BCUT2D eigenvalue weighted by atomic mass is 32.2. The molecule has 6 nitrogen and oxygen atoms in total. The van der Waals surface area contributed by atoms with Crippen LogP contribution >= 0.6 is 23.1 Å². The van der Waals surface area contributed by atoms with Gasteiger partial charge in [-0.05, 0) is 6.42 Å². The Bertz CT molecular complexity index is 1010. The highest BCUT2D eigenvalue weighted by Crippen LogP contribution is 2.33. The summed E-state index contributed by atoms with van der Waals surface area (Å²) in [5, 5.41) is 2.06. The standard InChI is InChI=1S/C21H21N3O3S2/c1-2-9-27-21(26)24-13-17(29-20(25)15-6-4-3-5-7-15)11-16(24)12-18-19-23(14-22-18)8-10-28-19/h2-8,10,14,16-17H,1,9,11-13H2. The average molecular weight is 428 g/mol. The second-order valence-electron chi connectivity index (χ2n) is 6.81. The molecule has 1 aliphatic rings. The quantitative estimate of drug-likeness (QED) is 0.550. The number of amides is 1. The third-order valence-electron chi connectivity index (χ3n) is 4.87. The third kappa shape index (κ3) is 4.38. The Balaban J connectivity index is 1.49. The summed E-state index contributed by atoms with van der Waals surface area (Å²) in [4.78, 5) is 32.5. The number of rotatable bonds is 6. The van der Waals surface area contributed by atoms with Gasteiger partial charge in [0.2, 0.25) is 5.12 Å². The van der Waals surface area contributed by atoms with Crippen LogP contribution in [0.1, 0.15) is 22.5 Å². The van der Waals surface area contributed by atoms with Crippen LogP contribution in [0.2, 0.25) is 0 Å². The highest BCUT2D eigenvalue weighted by Gasteiger charge is 2.38. The number of carbonyl (C=O) groups excluding carboxylic acids is 2. The van der Waals surface area contributed by atoms with Crippen molar-refractivity contribution in [2.45, 2.75) is 24.1 Å². The van der Waals surface area contributed by atoms with Crippen molar-refractivity contribution in [3.63, 3.8) is 0 Å². The van der Waals surface area contributed by atoms with E-state index in [4.69, 9.17) is 4.74 Å². The van der Waals surface area contributed by atoms with Crippen molar-refractivity contribution >= 4 is 39.1 Å². The highest BCUT2D eigenvalue weighted by molar-refractivity contribution is 8.14. The van der Waals surface area contributed by atoms with Crippen molar-refractivity contribution in [3.8, 4) is 0 Å². The zero-order chi connectivity index (χ0) is 20.2. The molecule has 3 aromatic rings. The van der Waals surface area contributed by atoms with Gasteiger partial charge < -0.3 is 9.64 Å². The second kappa shape index (κ2) is 8.84. The van der Waals surface area contributed by atoms with E-state index in [1.54, 1.807) is 28.6 Å². The third-order valence-corrected chi connectivity index (χ3v) is 6.92. The van der Waals surface area contributed by atoms with Gasteiger partial charge >= 0.3 is 6.09 Å². The molecule has 2 unspecified atom stereocenters. The number of likely N-dealkylation sites (tertiary alicyclic amines) is 1. The lowest BCUT2D eigenvalue weighted by Crippen LogP contribution is -2.37. The fraction of sp³-hybridized carbons (Fsp3) is 0.286. The van der Waals surface area contributed by atoms with Crippen molar-refractivity contribution in [3.05, 3.63) is 72.1 Å². The minimum atomic E-state index is -0.369. The number of thioether (sulfide) groups is 1. The Morgan fingerprint density at radius 3 is 2.97 bits per heavy atom. The number of fused-ring (bicyclic) bond motifs is 1. The van der Waals surface area contributed by atoms with Crippen LogP contribution in [-0.2, 0) is 11.2 Å². The predicted molar refractivity (Wildman–Crippen MR) is 116 cm³/mol. The molecular formula is C21H21N3O3S2. The van der Waals surface area contributed by atoms with Crippen LogP contribution in [0.4, 0.5) is 4.79 Å². The Morgan fingerprint density at radius 2 is 2.17 bits per heavy atom. The van der Waals surface area contributed by atoms with Gasteiger partial charge in [0.1, 0.15) is 17.8 Å². The van der Waals surface area contributed by atoms with Crippen LogP contribution in [0.5, 0.6) is 0 Å². The van der Waals surface area contributed by atoms with Crippen molar-refractivity contribution in [1.29, 1.82) is 0 Å². The number of carbonyl (C=O) groups is 2. The summed E-state index contributed by atoms with van der Waals surface area (Å²) < 4.78 is 7.27. The monoisotopic (exact) mass is 427 g/mol. The molecule has 2 atom stereocenters. The lowest BCUT2D eigenvalue weighted by Gasteiger charge is -2.23. The fourth-order valence-corrected chi connectivity index (χ4v) is 5.48. The Kier molecular flexibility index (Phi) is 6.01. The summed E-state index contributed by atoms with van der Waals surface area (Å²) in [7, 11) is 0. The SMILES string of the molecule is C=CCOC(=O)N1CC(SC(=O)c2ccccc2)CC1Cc1ncn2ccsc12. The van der Waals surface area contributed by atoms with E-state index in [9.17, 15) is 9.59 Å². The maximum atomic E-state index is 12.6. The van der Waals surface area contributed by atoms with Crippen molar-refractivity contribution in [2.75, 3.05) is 13.2 Å². The molecule has 3 heterocycles. The van der Waals surface area contributed by atoms with Crippen molar-refractivity contribution in [1.82, 2.24) is 14.3 Å². The zero-order valence-corrected chi connectivity index (χ0v) is 17.4. The summed E-state index contributed by atoms with van der Waals surface area (Å²) in [5.74, 6) is 0. The maximum Gasteiger partial charge on any atom is 0.410 e. The number of hydrogen-bond acceptors (Lipinski definition) is 6. The topological polar surface area (TPSA) is 63.9 Å². The first-order chi connectivity index (χ1) is 14.2. The number of aromatic nitrogens is 2. The van der Waals surface area contributed by atoms with Gasteiger partial charge in [0.05, 0.1) is 5.69 Å². The van der Waals surface area contributed by atoms with Gasteiger partial charge in [0, 0.05) is 41.4 Å². The molecule has 150 valence electrons. The first kappa shape index (κ1) is 19.7. The van der Waals surface area contributed by atoms with Gasteiger partial charge in [-0.2, -0.15) is 0 Å². The normalized spacial score (nSPS) is 18.8. The summed E-state index contributed by atoms with van der Waals surface area (Å²) in [5.41, 5.74) is 1.64. The summed E-state index contributed by atoms with van der Waals surface area (Å²) in [6.07, 6.45) is 6.30. The van der Waals surface area contributed by atoms with E-state index in [0.29, 0.717) is 18.5 Å². The molecule has 1 aromatic carbocycles. The summed E-state index contributed by atoms with van der Waals surface area (Å²) in [6, 6.07) is 9.17. The molecule has 0 N–H and O–H groups in total. The van der Waals surface area contributed by atoms with Crippen LogP contribution in [0.15, 0.2) is 60.9 Å². The summed E-state index contributed by atoms with van der Waals surface area (Å²) in [6.45, 7) is 4.25. The minimum Gasteiger partial charge on any atom is -0.445 e. The van der Waals surface area contributed by atoms with E-state index in [2.05, 4.69) is 11.6 Å². The van der Waals surface area contributed by atoms with Crippen LogP contribution < -0.4 is 0 Å². The van der Waals surface area contributed by atoms with E-state index in [1.807, 2.05) is 46.3 Å².